The summed E-state index contributed by atoms with van der Waals surface area (Å²) in [4.78, 5) is 23.9. The summed E-state index contributed by atoms with van der Waals surface area (Å²) in [6.07, 6.45) is 6.34. The van der Waals surface area contributed by atoms with Crippen LogP contribution in [0.15, 0.2) is 45.2 Å². The predicted molar refractivity (Wildman–Crippen MR) is 108 cm³/mol. The number of rotatable bonds is 4. The van der Waals surface area contributed by atoms with E-state index < -0.39 is 26.7 Å². The van der Waals surface area contributed by atoms with Crippen molar-refractivity contribution >= 4 is 36.6 Å². The first-order valence-corrected chi connectivity index (χ1v) is 11.1. The molecule has 0 bridgehead atoms. The second kappa shape index (κ2) is 8.08. The van der Waals surface area contributed by atoms with E-state index in [2.05, 4.69) is 5.32 Å². The molecule has 0 aromatic heterocycles. The Balaban J connectivity index is 1.76. The lowest BCUT2D eigenvalue weighted by Crippen LogP contribution is -2.27. The Labute approximate surface area is 157 Å². The van der Waals surface area contributed by atoms with Crippen LogP contribution >= 0.6 is 20.7 Å². The molecule has 1 aromatic rings. The normalized spacial score (nSPS) is 18.4. The SMILES string of the molecule is CC1=CI=CC(C(=O)O)=C1NC(=O)c1ccc(C2CCCCC2)cc1. The lowest BCUT2D eigenvalue weighted by Gasteiger charge is -2.22. The molecule has 1 heterocycles. The monoisotopic (exact) mass is 451 g/mol. The fourth-order valence-corrected chi connectivity index (χ4v) is 5.33. The number of nitrogens with one attached hydrogen (secondary N) is 1. The minimum absolute atomic E-state index is 0.208. The zero-order valence-electron chi connectivity index (χ0n) is 14.2. The first kappa shape index (κ1) is 18.0. The molecule has 0 atom stereocenters. The largest absolute Gasteiger partial charge is 0.478 e. The molecule has 0 unspecified atom stereocenters. The lowest BCUT2D eigenvalue weighted by molar-refractivity contribution is -0.132. The molecule has 2 aliphatic rings. The maximum Gasteiger partial charge on any atom is 0.338 e. The van der Waals surface area contributed by atoms with E-state index in [1.807, 2.05) is 35.3 Å². The van der Waals surface area contributed by atoms with Gasteiger partial charge < -0.3 is 10.4 Å². The summed E-state index contributed by atoms with van der Waals surface area (Å²) in [7, 11) is 0. The summed E-state index contributed by atoms with van der Waals surface area (Å²) in [5, 5.41) is 12.1. The highest BCUT2D eigenvalue weighted by Crippen LogP contribution is 2.32. The average molecular weight is 451 g/mol. The first-order chi connectivity index (χ1) is 12.1. The topological polar surface area (TPSA) is 66.4 Å². The Morgan fingerprint density at radius 1 is 1.12 bits per heavy atom. The van der Waals surface area contributed by atoms with Gasteiger partial charge in [0.15, 0.2) is 0 Å². The third kappa shape index (κ3) is 4.26. The van der Waals surface area contributed by atoms with Gasteiger partial charge in [0, 0.05) is 5.56 Å². The molecule has 5 heteroatoms. The Morgan fingerprint density at radius 3 is 2.44 bits per heavy atom. The van der Waals surface area contributed by atoms with Gasteiger partial charge in [-0.05, 0) is 57.0 Å². The number of carbonyl (C=O) groups is 2. The van der Waals surface area contributed by atoms with Crippen molar-refractivity contribution in [1.82, 2.24) is 5.32 Å². The third-order valence-corrected chi connectivity index (χ3v) is 7.06. The van der Waals surface area contributed by atoms with Gasteiger partial charge in [-0.15, -0.1) is 0 Å². The zero-order valence-corrected chi connectivity index (χ0v) is 16.4. The van der Waals surface area contributed by atoms with Gasteiger partial charge >= 0.3 is 5.97 Å². The summed E-state index contributed by atoms with van der Waals surface area (Å²) in [5.74, 6) is -0.644. The molecule has 4 nitrogen and oxygen atoms in total. The van der Waals surface area contributed by atoms with E-state index in [-0.39, 0.29) is 11.5 Å². The highest BCUT2D eigenvalue weighted by molar-refractivity contribution is 14.2. The number of hydrogen-bond donors (Lipinski definition) is 2. The smallest absolute Gasteiger partial charge is 0.338 e. The van der Waals surface area contributed by atoms with Crippen LogP contribution in [0, 0.1) is 0 Å². The second-order valence-corrected chi connectivity index (χ2v) is 8.50. The molecule has 132 valence electrons. The average Bonchev–Trinajstić information content (AvgIpc) is 2.64. The van der Waals surface area contributed by atoms with Crippen LogP contribution in [-0.4, -0.2) is 21.0 Å². The van der Waals surface area contributed by atoms with Gasteiger partial charge in [-0.2, -0.15) is 0 Å². The number of benzene rings is 1. The molecule has 1 aromatic carbocycles. The quantitative estimate of drug-likeness (QED) is 0.663. The predicted octanol–water partition coefficient (Wildman–Crippen LogP) is 4.49. The van der Waals surface area contributed by atoms with Gasteiger partial charge in [-0.25, -0.2) is 4.79 Å². The minimum atomic E-state index is -0.991. The molecule has 0 saturated heterocycles. The molecule has 1 aliphatic carbocycles. The van der Waals surface area contributed by atoms with Gasteiger partial charge in [0.25, 0.3) is 5.91 Å². The number of halogens is 1. The molecule has 1 fully saturated rings. The molecule has 3 rings (SSSR count). The molecule has 1 aliphatic heterocycles. The molecule has 1 amide bonds. The van der Waals surface area contributed by atoms with Crippen molar-refractivity contribution in [3.63, 3.8) is 0 Å². The number of carboxylic acid groups (broad SMARTS) is 1. The van der Waals surface area contributed by atoms with Gasteiger partial charge in [-0.3, -0.25) is 4.79 Å². The van der Waals surface area contributed by atoms with Crippen LogP contribution in [0.2, 0.25) is 0 Å². The number of hydrogen-bond acceptors (Lipinski definition) is 2. The Morgan fingerprint density at radius 2 is 1.80 bits per heavy atom. The number of carbonyl (C=O) groups excluding carboxylic acids is 1. The maximum absolute atomic E-state index is 12.5. The Bertz CT molecular complexity index is 769. The molecule has 2 N–H and O–H groups in total. The van der Waals surface area contributed by atoms with Crippen molar-refractivity contribution in [2.24, 2.45) is 0 Å². The van der Waals surface area contributed by atoms with Crippen LogP contribution in [0.1, 0.15) is 60.9 Å². The molecular weight excluding hydrogens is 429 g/mol. The first-order valence-electron chi connectivity index (χ1n) is 8.57. The van der Waals surface area contributed by atoms with Gasteiger partial charge in [0.05, 0.1) is 11.3 Å². The second-order valence-electron chi connectivity index (χ2n) is 6.53. The van der Waals surface area contributed by atoms with E-state index in [0.717, 1.165) is 5.57 Å². The van der Waals surface area contributed by atoms with Crippen molar-refractivity contribution in [1.29, 1.82) is 0 Å². The van der Waals surface area contributed by atoms with Gasteiger partial charge in [0.1, 0.15) is 0 Å². The van der Waals surface area contributed by atoms with Crippen LogP contribution in [0.4, 0.5) is 0 Å². The van der Waals surface area contributed by atoms with Crippen molar-refractivity contribution in [3.05, 3.63) is 56.3 Å². The van der Waals surface area contributed by atoms with E-state index in [0.29, 0.717) is 17.2 Å². The van der Waals surface area contributed by atoms with Crippen LogP contribution < -0.4 is 5.32 Å². The van der Waals surface area contributed by atoms with Crippen LogP contribution in [0.5, 0.6) is 0 Å². The highest BCUT2D eigenvalue weighted by Gasteiger charge is 2.20. The number of allylic oxidation sites excluding steroid dienone is 1. The van der Waals surface area contributed by atoms with E-state index in [4.69, 9.17) is 0 Å². The van der Waals surface area contributed by atoms with E-state index in [9.17, 15) is 14.7 Å². The number of aliphatic carboxylic acids is 1. The van der Waals surface area contributed by atoms with Gasteiger partial charge in [0.2, 0.25) is 0 Å². The maximum atomic E-state index is 12.5. The third-order valence-electron chi connectivity index (χ3n) is 4.78. The fourth-order valence-electron chi connectivity index (χ4n) is 3.36. The highest BCUT2D eigenvalue weighted by atomic mass is 127. The zero-order chi connectivity index (χ0) is 17.8. The summed E-state index contributed by atoms with van der Waals surface area (Å²) in [5.41, 5.74) is 3.32. The van der Waals surface area contributed by atoms with E-state index in [1.165, 1.54) is 37.7 Å². The molecule has 0 radical (unpaired) electrons. The van der Waals surface area contributed by atoms with Crippen molar-refractivity contribution < 1.29 is 14.7 Å². The van der Waals surface area contributed by atoms with Crippen LogP contribution in [-0.2, 0) is 4.79 Å². The summed E-state index contributed by atoms with van der Waals surface area (Å²) < 4.78 is 3.75. The number of carboxylic acids is 1. The van der Waals surface area contributed by atoms with Crippen molar-refractivity contribution in [2.45, 2.75) is 44.9 Å². The summed E-state index contributed by atoms with van der Waals surface area (Å²) in [6.45, 7) is 1.84. The number of amides is 1. The van der Waals surface area contributed by atoms with Crippen molar-refractivity contribution in [2.75, 3.05) is 0 Å². The Kier molecular flexibility index (Phi) is 5.83. The Hall–Kier alpha value is -1.76. The molecule has 25 heavy (non-hydrogen) atoms. The molecule has 0 spiro atoms. The van der Waals surface area contributed by atoms with Crippen LogP contribution in [0.25, 0.3) is 0 Å². The molecular formula is C20H22INO3. The fraction of sp³-hybridized carbons (Fsp3) is 0.350. The van der Waals surface area contributed by atoms with Crippen LogP contribution in [0.3, 0.4) is 0 Å². The standard InChI is InChI=1S/C20H22INO3/c1-13-11-21-12-17(20(24)25)18(13)22-19(23)16-9-7-15(8-10-16)14-5-3-2-4-6-14/h7-12,14H,2-6H2,1H3,(H,22,23)(H,24,25). The summed E-state index contributed by atoms with van der Waals surface area (Å²) in [6, 6.07) is 7.77. The van der Waals surface area contributed by atoms with E-state index >= 15 is 0 Å². The minimum Gasteiger partial charge on any atom is -0.478 e. The van der Waals surface area contributed by atoms with Crippen molar-refractivity contribution in [3.8, 4) is 0 Å². The lowest BCUT2D eigenvalue weighted by atomic mass is 9.84. The summed E-state index contributed by atoms with van der Waals surface area (Å²) >= 11 is -0.397. The van der Waals surface area contributed by atoms with Gasteiger partial charge in [-0.1, -0.05) is 52.1 Å². The molecule has 1 saturated carbocycles. The van der Waals surface area contributed by atoms with E-state index in [1.54, 1.807) is 4.01 Å².